The lowest BCUT2D eigenvalue weighted by Gasteiger charge is -2.26. The van der Waals surface area contributed by atoms with Crippen molar-refractivity contribution >= 4 is 29.3 Å². The van der Waals surface area contributed by atoms with Gasteiger partial charge in [-0.25, -0.2) is 0 Å². The van der Waals surface area contributed by atoms with Crippen LogP contribution in [0.1, 0.15) is 30.0 Å². The lowest BCUT2D eigenvalue weighted by atomic mass is 9.88. The van der Waals surface area contributed by atoms with Gasteiger partial charge >= 0.3 is 0 Å². The van der Waals surface area contributed by atoms with Crippen LogP contribution in [-0.2, 0) is 11.2 Å². The summed E-state index contributed by atoms with van der Waals surface area (Å²) in [4.78, 5) is 16.9. The average molecular weight is 476 g/mol. The molecular weight excluding hydrogens is 454 g/mol. The molecule has 2 aromatic carbocycles. The number of carbonyl (C=O) groups is 1. The highest BCUT2D eigenvalue weighted by atomic mass is 35.5. The van der Waals surface area contributed by atoms with Crippen LogP contribution in [0.4, 0.5) is 0 Å². The zero-order valence-corrected chi connectivity index (χ0v) is 19.4. The summed E-state index contributed by atoms with van der Waals surface area (Å²) in [6, 6.07) is 19.7. The van der Waals surface area contributed by atoms with Gasteiger partial charge in [0.25, 0.3) is 0 Å². The van der Waals surface area contributed by atoms with Crippen molar-refractivity contribution in [2.24, 2.45) is 0 Å². The molecule has 1 atom stereocenters. The Balaban J connectivity index is 1.36. The maximum atomic E-state index is 12.8. The third kappa shape index (κ3) is 4.79. The number of rotatable bonds is 6. The number of hydrogen-bond donors (Lipinski definition) is 1. The highest BCUT2D eigenvalue weighted by molar-refractivity contribution is 7.99. The molecule has 0 spiro atoms. The Labute approximate surface area is 201 Å². The van der Waals surface area contributed by atoms with Crippen LogP contribution in [0.15, 0.2) is 78.2 Å². The monoisotopic (exact) mass is 475 g/mol. The fourth-order valence-corrected chi connectivity index (χ4v) is 5.03. The number of carbonyl (C=O) groups excluding carboxylic acids is 1. The van der Waals surface area contributed by atoms with Gasteiger partial charge in [-0.15, -0.1) is 10.2 Å². The summed E-state index contributed by atoms with van der Waals surface area (Å²) < 4.78 is 1.94. The molecule has 33 heavy (non-hydrogen) atoms. The standard InChI is InChI=1S/C25H22ClN5OS/c26-19-8-10-20(11-9-19)31-24(18-12-14-27-15-13-18)29-30-25(31)33-16-23(32)28-22-7-3-5-17-4-1-2-6-21(17)22/h1-2,4,6,8-15,22H,3,5,7,16H2,(H,28,32). The predicted octanol–water partition coefficient (Wildman–Crippen LogP) is 5.27. The molecule has 0 bridgehead atoms. The third-order valence-electron chi connectivity index (χ3n) is 5.69. The fraction of sp³-hybridized carbons (Fsp3) is 0.200. The van der Waals surface area contributed by atoms with Crippen LogP contribution in [-0.4, -0.2) is 31.4 Å². The Morgan fingerprint density at radius 3 is 2.67 bits per heavy atom. The van der Waals surface area contributed by atoms with Crippen LogP contribution < -0.4 is 5.32 Å². The lowest BCUT2D eigenvalue weighted by molar-refractivity contribution is -0.119. The fourth-order valence-electron chi connectivity index (χ4n) is 4.14. The van der Waals surface area contributed by atoms with E-state index in [1.165, 1.54) is 22.9 Å². The van der Waals surface area contributed by atoms with Crippen LogP contribution in [0.2, 0.25) is 5.02 Å². The molecule has 6 nitrogen and oxygen atoms in total. The number of hydrogen-bond acceptors (Lipinski definition) is 5. The van der Waals surface area contributed by atoms with Crippen LogP contribution >= 0.6 is 23.4 Å². The van der Waals surface area contributed by atoms with Crippen molar-refractivity contribution in [2.45, 2.75) is 30.5 Å². The van der Waals surface area contributed by atoms with Crippen molar-refractivity contribution in [1.29, 1.82) is 0 Å². The van der Waals surface area contributed by atoms with Crippen LogP contribution in [0.25, 0.3) is 17.1 Å². The molecule has 0 aliphatic heterocycles. The zero-order valence-electron chi connectivity index (χ0n) is 17.8. The van der Waals surface area contributed by atoms with Crippen molar-refractivity contribution in [3.63, 3.8) is 0 Å². The molecule has 5 rings (SSSR count). The van der Waals surface area contributed by atoms with Crippen molar-refractivity contribution < 1.29 is 4.79 Å². The smallest absolute Gasteiger partial charge is 0.230 e. The van der Waals surface area contributed by atoms with Crippen molar-refractivity contribution in [1.82, 2.24) is 25.1 Å². The van der Waals surface area contributed by atoms with Gasteiger partial charge in [-0.2, -0.15) is 0 Å². The normalized spacial score (nSPS) is 15.1. The highest BCUT2D eigenvalue weighted by Gasteiger charge is 2.22. The van der Waals surface area contributed by atoms with E-state index in [-0.39, 0.29) is 17.7 Å². The highest BCUT2D eigenvalue weighted by Crippen LogP contribution is 2.31. The molecule has 0 saturated heterocycles. The number of nitrogens with zero attached hydrogens (tertiary/aromatic N) is 4. The number of pyridine rings is 1. The van der Waals surface area contributed by atoms with E-state index < -0.39 is 0 Å². The number of halogens is 1. The van der Waals surface area contributed by atoms with E-state index in [0.29, 0.717) is 16.0 Å². The summed E-state index contributed by atoms with van der Waals surface area (Å²) in [5.41, 5.74) is 4.32. The molecular formula is C25H22ClN5OS. The number of nitrogens with one attached hydrogen (secondary N) is 1. The minimum absolute atomic E-state index is 0.0159. The van der Waals surface area contributed by atoms with E-state index in [1.807, 2.05) is 47.0 Å². The maximum Gasteiger partial charge on any atom is 0.230 e. The second-order valence-electron chi connectivity index (χ2n) is 7.85. The van der Waals surface area contributed by atoms with Gasteiger partial charge in [-0.1, -0.05) is 47.6 Å². The number of aryl methyl sites for hydroxylation is 1. The molecule has 1 aliphatic carbocycles. The van der Waals surface area contributed by atoms with Gasteiger partial charge < -0.3 is 5.32 Å². The first-order valence-corrected chi connectivity index (χ1v) is 12.2. The molecule has 2 aromatic heterocycles. The molecule has 1 N–H and O–H groups in total. The molecule has 0 fully saturated rings. The quantitative estimate of drug-likeness (QED) is 0.385. The zero-order chi connectivity index (χ0) is 22.6. The summed E-state index contributed by atoms with van der Waals surface area (Å²) in [5.74, 6) is 0.919. The average Bonchev–Trinajstić information content (AvgIpc) is 3.28. The minimum Gasteiger partial charge on any atom is -0.349 e. The molecule has 2 heterocycles. The van der Waals surface area contributed by atoms with Gasteiger partial charge in [0.2, 0.25) is 5.91 Å². The first-order valence-electron chi connectivity index (χ1n) is 10.8. The SMILES string of the molecule is O=C(CSc1nnc(-c2ccncc2)n1-c1ccc(Cl)cc1)NC1CCCc2ccccc21. The molecule has 1 amide bonds. The topological polar surface area (TPSA) is 72.7 Å². The van der Waals surface area contributed by atoms with E-state index in [9.17, 15) is 4.79 Å². The van der Waals surface area contributed by atoms with Gasteiger partial charge in [0.05, 0.1) is 11.8 Å². The number of fused-ring (bicyclic) bond motifs is 1. The largest absolute Gasteiger partial charge is 0.349 e. The van der Waals surface area contributed by atoms with Crippen LogP contribution in [0.3, 0.4) is 0 Å². The summed E-state index contributed by atoms with van der Waals surface area (Å²) >= 11 is 7.46. The minimum atomic E-state index is -0.0159. The van der Waals surface area contributed by atoms with Crippen LogP contribution in [0.5, 0.6) is 0 Å². The number of thioether (sulfide) groups is 1. The number of aromatic nitrogens is 4. The Kier molecular flexibility index (Phi) is 6.41. The molecule has 1 unspecified atom stereocenters. The Morgan fingerprint density at radius 1 is 1.06 bits per heavy atom. The molecule has 4 aromatic rings. The van der Waals surface area contributed by atoms with Gasteiger partial charge in [-0.05, 0) is 66.8 Å². The van der Waals surface area contributed by atoms with Crippen molar-refractivity contribution in [3.8, 4) is 17.1 Å². The summed E-state index contributed by atoms with van der Waals surface area (Å²) in [6.07, 6.45) is 6.55. The predicted molar refractivity (Wildman–Crippen MR) is 131 cm³/mol. The summed E-state index contributed by atoms with van der Waals surface area (Å²) in [5, 5.41) is 13.3. The van der Waals surface area contributed by atoms with E-state index in [1.54, 1.807) is 12.4 Å². The maximum absolute atomic E-state index is 12.8. The van der Waals surface area contributed by atoms with Gasteiger partial charge in [0.15, 0.2) is 11.0 Å². The summed E-state index contributed by atoms with van der Waals surface area (Å²) in [7, 11) is 0. The Bertz CT molecular complexity index is 1260. The molecule has 0 radical (unpaired) electrons. The van der Waals surface area contributed by atoms with Crippen molar-refractivity contribution in [2.75, 3.05) is 5.75 Å². The lowest BCUT2D eigenvalue weighted by Crippen LogP contribution is -2.32. The first-order chi connectivity index (χ1) is 16.2. The molecule has 1 aliphatic rings. The van der Waals surface area contributed by atoms with Gasteiger partial charge in [-0.3, -0.25) is 14.3 Å². The Morgan fingerprint density at radius 2 is 1.85 bits per heavy atom. The van der Waals surface area contributed by atoms with E-state index in [0.717, 1.165) is 30.5 Å². The third-order valence-corrected chi connectivity index (χ3v) is 6.87. The second-order valence-corrected chi connectivity index (χ2v) is 9.23. The van der Waals surface area contributed by atoms with E-state index in [2.05, 4.69) is 38.7 Å². The second kappa shape index (κ2) is 9.77. The molecule has 8 heteroatoms. The van der Waals surface area contributed by atoms with Crippen molar-refractivity contribution in [3.05, 3.63) is 89.2 Å². The van der Waals surface area contributed by atoms with Crippen LogP contribution in [0, 0.1) is 0 Å². The van der Waals surface area contributed by atoms with Gasteiger partial charge in [0, 0.05) is 28.7 Å². The number of benzene rings is 2. The molecule has 166 valence electrons. The Hall–Kier alpha value is -3.16. The van der Waals surface area contributed by atoms with E-state index >= 15 is 0 Å². The van der Waals surface area contributed by atoms with Gasteiger partial charge in [0.1, 0.15) is 0 Å². The first kappa shape index (κ1) is 21.7. The molecule has 0 saturated carbocycles. The number of amides is 1. The summed E-state index contributed by atoms with van der Waals surface area (Å²) in [6.45, 7) is 0. The van der Waals surface area contributed by atoms with E-state index in [4.69, 9.17) is 11.6 Å².